The normalized spacial score (nSPS) is 19.5. The van der Waals surface area contributed by atoms with Crippen LogP contribution in [0.15, 0.2) is 104 Å². The molecule has 1 heteroatoms. The molecular formula is C28H30O. The summed E-state index contributed by atoms with van der Waals surface area (Å²) < 4.78 is 7.07. The second-order valence-electron chi connectivity index (χ2n) is 8.07. The lowest BCUT2D eigenvalue weighted by Crippen LogP contribution is -2.36. The van der Waals surface area contributed by atoms with Crippen molar-refractivity contribution in [3.05, 3.63) is 120 Å². The van der Waals surface area contributed by atoms with E-state index < -0.39 is 5.60 Å². The molecule has 1 fully saturated rings. The summed E-state index contributed by atoms with van der Waals surface area (Å²) in [6, 6.07) is 31.8. The highest BCUT2D eigenvalue weighted by molar-refractivity contribution is 5.47. The van der Waals surface area contributed by atoms with Crippen LogP contribution in [0.3, 0.4) is 0 Å². The van der Waals surface area contributed by atoms with Crippen LogP contribution in [0.5, 0.6) is 0 Å². The maximum atomic E-state index is 7.07. The second-order valence-corrected chi connectivity index (χ2v) is 8.07. The third-order valence-corrected chi connectivity index (χ3v) is 6.26. The summed E-state index contributed by atoms with van der Waals surface area (Å²) in [6.45, 7) is 6.42. The molecule has 0 spiro atoms. The highest BCUT2D eigenvalue weighted by Crippen LogP contribution is 2.47. The zero-order valence-electron chi connectivity index (χ0n) is 17.2. The van der Waals surface area contributed by atoms with Gasteiger partial charge in [-0.1, -0.05) is 110 Å². The molecule has 4 rings (SSSR count). The van der Waals surface area contributed by atoms with Gasteiger partial charge in [-0.3, -0.25) is 0 Å². The fraction of sp³-hybridized carbons (Fsp3) is 0.286. The number of rotatable bonds is 9. The van der Waals surface area contributed by atoms with Crippen LogP contribution < -0.4 is 0 Å². The first-order valence-electron chi connectivity index (χ1n) is 10.7. The maximum absolute atomic E-state index is 7.07. The Morgan fingerprint density at radius 2 is 1.28 bits per heavy atom. The molecule has 0 heterocycles. The van der Waals surface area contributed by atoms with Crippen molar-refractivity contribution in [2.45, 2.75) is 37.9 Å². The number of benzene rings is 3. The van der Waals surface area contributed by atoms with Crippen molar-refractivity contribution in [1.29, 1.82) is 0 Å². The molecule has 0 aliphatic heterocycles. The third kappa shape index (κ3) is 4.06. The highest BCUT2D eigenvalue weighted by Gasteiger charge is 2.42. The minimum Gasteiger partial charge on any atom is -0.354 e. The van der Waals surface area contributed by atoms with Gasteiger partial charge in [0.1, 0.15) is 5.60 Å². The zero-order valence-corrected chi connectivity index (χ0v) is 17.2. The predicted molar refractivity (Wildman–Crippen MR) is 121 cm³/mol. The van der Waals surface area contributed by atoms with Crippen molar-refractivity contribution in [3.63, 3.8) is 0 Å². The van der Waals surface area contributed by atoms with Crippen LogP contribution in [0.25, 0.3) is 0 Å². The molecular weight excluding hydrogens is 352 g/mol. The molecule has 0 N–H and O–H groups in total. The van der Waals surface area contributed by atoms with E-state index in [1.807, 2.05) is 6.08 Å². The van der Waals surface area contributed by atoms with Gasteiger partial charge in [0.15, 0.2) is 0 Å². The van der Waals surface area contributed by atoms with Crippen molar-refractivity contribution in [1.82, 2.24) is 0 Å². The van der Waals surface area contributed by atoms with Crippen LogP contribution in [-0.4, -0.2) is 6.10 Å². The number of ether oxygens (including phenoxy) is 1. The molecule has 1 aliphatic rings. The fourth-order valence-corrected chi connectivity index (χ4v) is 4.54. The van der Waals surface area contributed by atoms with E-state index in [0.717, 1.165) is 34.9 Å². The van der Waals surface area contributed by atoms with Crippen molar-refractivity contribution >= 4 is 0 Å². The first kappa shape index (κ1) is 19.7. The van der Waals surface area contributed by atoms with Gasteiger partial charge in [-0.25, -0.2) is 0 Å². The third-order valence-electron chi connectivity index (χ3n) is 6.26. The van der Waals surface area contributed by atoms with Crippen molar-refractivity contribution in [2.75, 3.05) is 0 Å². The standard InChI is InChI=1S/C28H30O/c1-3-22-20-23(22)21-27(4-2)29-28(24-14-8-5-9-15-24,25-16-10-6-11-17-25)26-18-12-7-13-19-26/h4-19,22-23,27H,2-3,20-21H2,1H3/t22-,23-,27?/m0/s1. The van der Waals surface area contributed by atoms with E-state index in [1.54, 1.807) is 0 Å². The van der Waals surface area contributed by atoms with Gasteiger partial charge in [0.2, 0.25) is 0 Å². The van der Waals surface area contributed by atoms with Gasteiger partial charge < -0.3 is 4.74 Å². The lowest BCUT2D eigenvalue weighted by atomic mass is 9.79. The molecule has 3 aromatic carbocycles. The molecule has 0 aromatic heterocycles. The first-order valence-corrected chi connectivity index (χ1v) is 10.7. The summed E-state index contributed by atoms with van der Waals surface area (Å²) in [5, 5.41) is 0. The van der Waals surface area contributed by atoms with E-state index in [0.29, 0.717) is 0 Å². The Bertz CT molecular complexity index is 804. The number of hydrogen-bond donors (Lipinski definition) is 0. The van der Waals surface area contributed by atoms with Crippen molar-refractivity contribution in [3.8, 4) is 0 Å². The summed E-state index contributed by atoms with van der Waals surface area (Å²) in [5.74, 6) is 1.60. The van der Waals surface area contributed by atoms with Crippen LogP contribution in [0.4, 0.5) is 0 Å². The SMILES string of the molecule is C=CC(C[C@@H]1C[C@@H]1CC)OC(c1ccccc1)(c1ccccc1)c1ccccc1. The summed E-state index contributed by atoms with van der Waals surface area (Å²) in [4.78, 5) is 0. The van der Waals surface area contributed by atoms with E-state index in [1.165, 1.54) is 12.8 Å². The van der Waals surface area contributed by atoms with E-state index in [-0.39, 0.29) is 6.10 Å². The lowest BCUT2D eigenvalue weighted by Gasteiger charge is -2.38. The lowest BCUT2D eigenvalue weighted by molar-refractivity contribution is -0.0303. The summed E-state index contributed by atoms with van der Waals surface area (Å²) >= 11 is 0. The van der Waals surface area contributed by atoms with Crippen LogP contribution in [0.1, 0.15) is 42.9 Å². The molecule has 3 atom stereocenters. The molecule has 0 amide bonds. The minimum atomic E-state index is -0.667. The predicted octanol–water partition coefficient (Wildman–Crippen LogP) is 6.99. The Morgan fingerprint density at radius 1 is 0.828 bits per heavy atom. The van der Waals surface area contributed by atoms with Gasteiger partial charge >= 0.3 is 0 Å². The van der Waals surface area contributed by atoms with Gasteiger partial charge in [-0.05, 0) is 41.4 Å². The molecule has 3 aromatic rings. The Labute approximate surface area is 175 Å². The zero-order chi connectivity index (χ0) is 20.1. The van der Waals surface area contributed by atoms with Gasteiger partial charge in [0.25, 0.3) is 0 Å². The van der Waals surface area contributed by atoms with Crippen LogP contribution in [0.2, 0.25) is 0 Å². The van der Waals surface area contributed by atoms with Crippen LogP contribution >= 0.6 is 0 Å². The fourth-order valence-electron chi connectivity index (χ4n) is 4.54. The smallest absolute Gasteiger partial charge is 0.144 e. The molecule has 1 nitrogen and oxygen atoms in total. The monoisotopic (exact) mass is 382 g/mol. The van der Waals surface area contributed by atoms with Crippen molar-refractivity contribution < 1.29 is 4.74 Å². The topological polar surface area (TPSA) is 9.23 Å². The average Bonchev–Trinajstić information content (AvgIpc) is 3.56. The average molecular weight is 383 g/mol. The summed E-state index contributed by atoms with van der Waals surface area (Å²) in [5.41, 5.74) is 2.77. The molecule has 0 radical (unpaired) electrons. The van der Waals surface area contributed by atoms with Gasteiger partial charge in [0, 0.05) is 0 Å². The quantitative estimate of drug-likeness (QED) is 0.286. The Hall–Kier alpha value is -2.64. The molecule has 29 heavy (non-hydrogen) atoms. The van der Waals surface area contributed by atoms with E-state index >= 15 is 0 Å². The van der Waals surface area contributed by atoms with Gasteiger partial charge in [-0.15, -0.1) is 6.58 Å². The Kier molecular flexibility index (Phi) is 5.97. The van der Waals surface area contributed by atoms with Crippen LogP contribution in [-0.2, 0) is 10.3 Å². The Balaban J connectivity index is 1.82. The Morgan fingerprint density at radius 3 is 1.62 bits per heavy atom. The van der Waals surface area contributed by atoms with Crippen LogP contribution in [0, 0.1) is 11.8 Å². The molecule has 0 saturated heterocycles. The highest BCUT2D eigenvalue weighted by atomic mass is 16.5. The number of hydrogen-bond acceptors (Lipinski definition) is 1. The van der Waals surface area contributed by atoms with E-state index in [2.05, 4.69) is 104 Å². The maximum Gasteiger partial charge on any atom is 0.144 e. The van der Waals surface area contributed by atoms with E-state index in [9.17, 15) is 0 Å². The second kappa shape index (κ2) is 8.80. The molecule has 1 aliphatic carbocycles. The largest absolute Gasteiger partial charge is 0.354 e. The molecule has 148 valence electrons. The summed E-state index contributed by atoms with van der Waals surface area (Å²) in [6.07, 6.45) is 5.61. The van der Waals surface area contributed by atoms with Gasteiger partial charge in [0.05, 0.1) is 6.10 Å². The van der Waals surface area contributed by atoms with E-state index in [4.69, 9.17) is 4.74 Å². The molecule has 1 unspecified atom stereocenters. The van der Waals surface area contributed by atoms with Gasteiger partial charge in [-0.2, -0.15) is 0 Å². The first-order chi connectivity index (χ1) is 14.3. The molecule has 0 bridgehead atoms. The molecule has 1 saturated carbocycles. The summed E-state index contributed by atoms with van der Waals surface area (Å²) in [7, 11) is 0. The minimum absolute atomic E-state index is 0.00262. The van der Waals surface area contributed by atoms with Crippen molar-refractivity contribution in [2.24, 2.45) is 11.8 Å².